The molecule has 0 radical (unpaired) electrons. The summed E-state index contributed by atoms with van der Waals surface area (Å²) in [5.41, 5.74) is 0.780. The van der Waals surface area contributed by atoms with Gasteiger partial charge in [0.15, 0.2) is 0 Å². The van der Waals surface area contributed by atoms with E-state index in [-0.39, 0.29) is 11.9 Å². The molecule has 1 nitrogen and oxygen atoms in total. The summed E-state index contributed by atoms with van der Waals surface area (Å²) in [4.78, 5) is 0. The van der Waals surface area contributed by atoms with Crippen LogP contribution < -0.4 is 5.32 Å². The molecular formula is C16H24FN. The molecule has 0 bridgehead atoms. The first kappa shape index (κ1) is 13.5. The predicted molar refractivity (Wildman–Crippen MR) is 73.9 cm³/mol. The van der Waals surface area contributed by atoms with Crippen molar-refractivity contribution >= 4 is 0 Å². The van der Waals surface area contributed by atoms with Crippen LogP contribution in [0.4, 0.5) is 4.39 Å². The molecule has 100 valence electrons. The van der Waals surface area contributed by atoms with Gasteiger partial charge in [0, 0.05) is 17.6 Å². The lowest BCUT2D eigenvalue weighted by Gasteiger charge is -2.36. The third-order valence-electron chi connectivity index (χ3n) is 4.54. The fourth-order valence-electron chi connectivity index (χ4n) is 3.05. The van der Waals surface area contributed by atoms with Crippen LogP contribution >= 0.6 is 0 Å². The molecule has 2 heteroatoms. The molecule has 1 saturated carbocycles. The first-order valence-corrected chi connectivity index (χ1v) is 7.10. The normalized spacial score (nSPS) is 30.1. The van der Waals surface area contributed by atoms with Gasteiger partial charge in [-0.25, -0.2) is 4.39 Å². The summed E-state index contributed by atoms with van der Waals surface area (Å²) in [5, 5.41) is 3.62. The SMILES string of the molecule is CC1CCCC(N[C@H](C)c2ccccc2F)C1C. The Balaban J connectivity index is 2.03. The number of nitrogens with one attached hydrogen (secondary N) is 1. The van der Waals surface area contributed by atoms with Gasteiger partial charge in [-0.2, -0.15) is 0 Å². The summed E-state index contributed by atoms with van der Waals surface area (Å²) < 4.78 is 13.7. The third-order valence-corrected chi connectivity index (χ3v) is 4.54. The average Bonchev–Trinajstić information content (AvgIpc) is 2.35. The van der Waals surface area contributed by atoms with Gasteiger partial charge in [-0.3, -0.25) is 0 Å². The summed E-state index contributed by atoms with van der Waals surface area (Å²) >= 11 is 0. The highest BCUT2D eigenvalue weighted by Crippen LogP contribution is 2.31. The zero-order chi connectivity index (χ0) is 13.1. The monoisotopic (exact) mass is 249 g/mol. The van der Waals surface area contributed by atoms with Gasteiger partial charge in [0.25, 0.3) is 0 Å². The van der Waals surface area contributed by atoms with Crippen LogP contribution in [-0.2, 0) is 0 Å². The van der Waals surface area contributed by atoms with Crippen molar-refractivity contribution in [3.05, 3.63) is 35.6 Å². The van der Waals surface area contributed by atoms with Crippen LogP contribution in [0.1, 0.15) is 51.6 Å². The Morgan fingerprint density at radius 3 is 2.67 bits per heavy atom. The Hall–Kier alpha value is -0.890. The van der Waals surface area contributed by atoms with Gasteiger partial charge in [-0.1, -0.05) is 44.9 Å². The lowest BCUT2D eigenvalue weighted by atomic mass is 9.77. The van der Waals surface area contributed by atoms with Crippen molar-refractivity contribution in [3.8, 4) is 0 Å². The maximum Gasteiger partial charge on any atom is 0.127 e. The van der Waals surface area contributed by atoms with E-state index in [1.807, 2.05) is 12.1 Å². The summed E-state index contributed by atoms with van der Waals surface area (Å²) in [6.07, 6.45) is 3.82. The van der Waals surface area contributed by atoms with Crippen molar-refractivity contribution in [1.82, 2.24) is 5.32 Å². The zero-order valence-electron chi connectivity index (χ0n) is 11.6. The van der Waals surface area contributed by atoms with Crippen LogP contribution in [0.3, 0.4) is 0 Å². The molecule has 1 N–H and O–H groups in total. The van der Waals surface area contributed by atoms with E-state index in [1.54, 1.807) is 12.1 Å². The number of benzene rings is 1. The van der Waals surface area contributed by atoms with E-state index < -0.39 is 0 Å². The van der Waals surface area contributed by atoms with Crippen molar-refractivity contribution < 1.29 is 4.39 Å². The quantitative estimate of drug-likeness (QED) is 0.842. The number of hydrogen-bond donors (Lipinski definition) is 1. The molecule has 0 heterocycles. The highest BCUT2D eigenvalue weighted by Gasteiger charge is 2.28. The molecule has 4 atom stereocenters. The van der Waals surface area contributed by atoms with Gasteiger partial charge in [-0.05, 0) is 31.2 Å². The fraction of sp³-hybridized carbons (Fsp3) is 0.625. The van der Waals surface area contributed by atoms with Crippen LogP contribution in [0, 0.1) is 17.7 Å². The lowest BCUT2D eigenvalue weighted by molar-refractivity contribution is 0.195. The van der Waals surface area contributed by atoms with E-state index in [9.17, 15) is 4.39 Å². The molecule has 1 fully saturated rings. The van der Waals surface area contributed by atoms with Gasteiger partial charge in [0.05, 0.1) is 0 Å². The molecule has 0 amide bonds. The number of halogens is 1. The molecule has 0 spiro atoms. The van der Waals surface area contributed by atoms with E-state index in [0.29, 0.717) is 12.0 Å². The number of hydrogen-bond acceptors (Lipinski definition) is 1. The fourth-order valence-corrected chi connectivity index (χ4v) is 3.05. The van der Waals surface area contributed by atoms with E-state index >= 15 is 0 Å². The van der Waals surface area contributed by atoms with Crippen molar-refractivity contribution in [2.45, 2.75) is 52.1 Å². The standard InChI is InChI=1S/C16H24FN/c1-11-7-6-10-16(12(11)2)18-13(3)14-8-4-5-9-15(14)17/h4-5,8-9,11-13,16,18H,6-7,10H2,1-3H3/t11?,12?,13-,16?/m1/s1. The Labute approximate surface area is 110 Å². The maximum atomic E-state index is 13.7. The van der Waals surface area contributed by atoms with Crippen molar-refractivity contribution in [2.24, 2.45) is 11.8 Å². The van der Waals surface area contributed by atoms with Gasteiger partial charge < -0.3 is 5.32 Å². The molecule has 0 aliphatic heterocycles. The second-order valence-electron chi connectivity index (χ2n) is 5.78. The van der Waals surface area contributed by atoms with Crippen molar-refractivity contribution in [3.63, 3.8) is 0 Å². The highest BCUT2D eigenvalue weighted by atomic mass is 19.1. The van der Waals surface area contributed by atoms with Gasteiger partial charge in [0.2, 0.25) is 0 Å². The Kier molecular flexibility index (Phi) is 4.39. The van der Waals surface area contributed by atoms with Gasteiger partial charge >= 0.3 is 0 Å². The minimum absolute atomic E-state index is 0.0870. The van der Waals surface area contributed by atoms with Crippen LogP contribution in [0.25, 0.3) is 0 Å². The average molecular weight is 249 g/mol. The van der Waals surface area contributed by atoms with E-state index in [4.69, 9.17) is 0 Å². The minimum Gasteiger partial charge on any atom is -0.307 e. The molecule has 3 unspecified atom stereocenters. The molecule has 2 rings (SSSR count). The van der Waals surface area contributed by atoms with Crippen molar-refractivity contribution in [1.29, 1.82) is 0 Å². The molecule has 1 aromatic carbocycles. The van der Waals surface area contributed by atoms with Crippen LogP contribution in [0.2, 0.25) is 0 Å². The van der Waals surface area contributed by atoms with Gasteiger partial charge in [0.1, 0.15) is 5.82 Å². The van der Waals surface area contributed by atoms with Crippen molar-refractivity contribution in [2.75, 3.05) is 0 Å². The molecule has 0 saturated heterocycles. The first-order chi connectivity index (χ1) is 8.59. The molecule has 1 aliphatic carbocycles. The minimum atomic E-state index is -0.103. The van der Waals surface area contributed by atoms with E-state index in [0.717, 1.165) is 11.5 Å². The first-order valence-electron chi connectivity index (χ1n) is 7.10. The third kappa shape index (κ3) is 2.92. The van der Waals surface area contributed by atoms with Crippen LogP contribution in [-0.4, -0.2) is 6.04 Å². The van der Waals surface area contributed by atoms with Crippen LogP contribution in [0.5, 0.6) is 0 Å². The topological polar surface area (TPSA) is 12.0 Å². The lowest BCUT2D eigenvalue weighted by Crippen LogP contribution is -2.41. The Morgan fingerprint density at radius 2 is 1.94 bits per heavy atom. The largest absolute Gasteiger partial charge is 0.307 e. The van der Waals surface area contributed by atoms with E-state index in [1.165, 1.54) is 19.3 Å². The summed E-state index contributed by atoms with van der Waals surface area (Å²) in [6, 6.07) is 7.68. The molecular weight excluding hydrogens is 225 g/mol. The Bertz CT molecular complexity index is 390. The summed E-state index contributed by atoms with van der Waals surface area (Å²) in [5.74, 6) is 1.34. The Morgan fingerprint density at radius 1 is 1.22 bits per heavy atom. The molecule has 18 heavy (non-hydrogen) atoms. The smallest absolute Gasteiger partial charge is 0.127 e. The number of rotatable bonds is 3. The predicted octanol–water partition coefficient (Wildman–Crippen LogP) is 4.30. The van der Waals surface area contributed by atoms with Gasteiger partial charge in [-0.15, -0.1) is 0 Å². The van der Waals surface area contributed by atoms with E-state index in [2.05, 4.69) is 26.1 Å². The second kappa shape index (κ2) is 5.83. The molecule has 0 aromatic heterocycles. The van der Waals surface area contributed by atoms with Crippen LogP contribution in [0.15, 0.2) is 24.3 Å². The molecule has 1 aromatic rings. The second-order valence-corrected chi connectivity index (χ2v) is 5.78. The zero-order valence-corrected chi connectivity index (χ0v) is 11.6. The highest BCUT2D eigenvalue weighted by molar-refractivity contribution is 5.20. The molecule has 1 aliphatic rings. The maximum absolute atomic E-state index is 13.7. The summed E-state index contributed by atoms with van der Waals surface area (Å²) in [6.45, 7) is 6.70. The summed E-state index contributed by atoms with van der Waals surface area (Å²) in [7, 11) is 0.